The highest BCUT2D eigenvalue weighted by atomic mass is 32.2. The van der Waals surface area contributed by atoms with Crippen molar-refractivity contribution in [3.63, 3.8) is 0 Å². The van der Waals surface area contributed by atoms with Gasteiger partial charge in [0, 0.05) is 18.8 Å². The highest BCUT2D eigenvalue weighted by Crippen LogP contribution is 2.12. The Hall–Kier alpha value is -1.85. The molecule has 0 fully saturated rings. The molecule has 0 saturated heterocycles. The standard InChI is InChI=1S/C19H26N2O2S/c1-3-21(15-13-17-7-5-4-6-8-17)16-14-18-9-11-19(12-10-18)20-24(2,22)23/h4-12,20H,3,13-16H2,1-2H3. The maximum atomic E-state index is 11.2. The molecule has 2 aromatic carbocycles. The van der Waals surface area contributed by atoms with E-state index in [1.165, 1.54) is 11.1 Å². The Labute approximate surface area is 145 Å². The van der Waals surface area contributed by atoms with Gasteiger partial charge < -0.3 is 4.90 Å². The predicted molar refractivity (Wildman–Crippen MR) is 101 cm³/mol. The van der Waals surface area contributed by atoms with Crippen molar-refractivity contribution in [1.29, 1.82) is 0 Å². The van der Waals surface area contributed by atoms with Crippen molar-refractivity contribution in [1.82, 2.24) is 4.90 Å². The number of nitrogens with one attached hydrogen (secondary N) is 1. The quantitative estimate of drug-likeness (QED) is 0.759. The van der Waals surface area contributed by atoms with Gasteiger partial charge in [0.25, 0.3) is 0 Å². The lowest BCUT2D eigenvalue weighted by Crippen LogP contribution is -2.28. The molecular weight excluding hydrogens is 320 g/mol. The van der Waals surface area contributed by atoms with Crippen molar-refractivity contribution < 1.29 is 8.42 Å². The van der Waals surface area contributed by atoms with Crippen molar-refractivity contribution in [3.8, 4) is 0 Å². The van der Waals surface area contributed by atoms with E-state index in [4.69, 9.17) is 0 Å². The maximum Gasteiger partial charge on any atom is 0.229 e. The molecule has 4 nitrogen and oxygen atoms in total. The third kappa shape index (κ3) is 6.72. The fraction of sp³-hybridized carbons (Fsp3) is 0.368. The third-order valence-corrected chi connectivity index (χ3v) is 4.59. The summed E-state index contributed by atoms with van der Waals surface area (Å²) < 4.78 is 24.9. The Kier molecular flexibility index (Phi) is 6.82. The van der Waals surface area contributed by atoms with E-state index in [9.17, 15) is 8.42 Å². The smallest absolute Gasteiger partial charge is 0.229 e. The zero-order valence-corrected chi connectivity index (χ0v) is 15.2. The van der Waals surface area contributed by atoms with E-state index >= 15 is 0 Å². The van der Waals surface area contributed by atoms with Gasteiger partial charge in [-0.15, -0.1) is 0 Å². The monoisotopic (exact) mass is 346 g/mol. The summed E-state index contributed by atoms with van der Waals surface area (Å²) in [5, 5.41) is 0. The summed E-state index contributed by atoms with van der Waals surface area (Å²) in [6, 6.07) is 18.1. The third-order valence-electron chi connectivity index (χ3n) is 3.98. The van der Waals surface area contributed by atoms with Crippen LogP contribution in [-0.4, -0.2) is 39.2 Å². The number of hydrogen-bond acceptors (Lipinski definition) is 3. The fourth-order valence-electron chi connectivity index (χ4n) is 2.60. The molecule has 0 aliphatic rings. The first-order valence-electron chi connectivity index (χ1n) is 8.29. The number of nitrogens with zero attached hydrogens (tertiary/aromatic N) is 1. The van der Waals surface area contributed by atoms with Crippen molar-refractivity contribution in [2.45, 2.75) is 19.8 Å². The molecule has 24 heavy (non-hydrogen) atoms. The molecule has 0 aliphatic heterocycles. The fourth-order valence-corrected chi connectivity index (χ4v) is 3.16. The molecule has 0 radical (unpaired) electrons. The second-order valence-electron chi connectivity index (χ2n) is 5.99. The maximum absolute atomic E-state index is 11.2. The number of benzene rings is 2. The van der Waals surface area contributed by atoms with Crippen molar-refractivity contribution in [3.05, 3.63) is 65.7 Å². The van der Waals surface area contributed by atoms with Crippen LogP contribution in [-0.2, 0) is 22.9 Å². The van der Waals surface area contributed by atoms with Crippen LogP contribution in [0.5, 0.6) is 0 Å². The molecule has 0 spiro atoms. The highest BCUT2D eigenvalue weighted by molar-refractivity contribution is 7.92. The number of hydrogen-bond donors (Lipinski definition) is 1. The Morgan fingerprint density at radius 1 is 0.875 bits per heavy atom. The van der Waals surface area contributed by atoms with E-state index in [0.29, 0.717) is 5.69 Å². The van der Waals surface area contributed by atoms with Crippen LogP contribution >= 0.6 is 0 Å². The van der Waals surface area contributed by atoms with Gasteiger partial charge in [0.1, 0.15) is 0 Å². The van der Waals surface area contributed by atoms with E-state index in [1.807, 2.05) is 30.3 Å². The molecule has 130 valence electrons. The summed E-state index contributed by atoms with van der Waals surface area (Å²) in [6.07, 6.45) is 3.18. The van der Waals surface area contributed by atoms with Gasteiger partial charge >= 0.3 is 0 Å². The van der Waals surface area contributed by atoms with Crippen LogP contribution in [0.15, 0.2) is 54.6 Å². The van der Waals surface area contributed by atoms with Gasteiger partial charge in [0.05, 0.1) is 6.26 Å². The van der Waals surface area contributed by atoms with E-state index in [2.05, 4.69) is 40.8 Å². The van der Waals surface area contributed by atoms with Crippen LogP contribution in [0.2, 0.25) is 0 Å². The van der Waals surface area contributed by atoms with Crippen LogP contribution in [0.4, 0.5) is 5.69 Å². The molecular formula is C19H26N2O2S. The van der Waals surface area contributed by atoms with Crippen LogP contribution in [0, 0.1) is 0 Å². The zero-order chi connectivity index (χ0) is 17.4. The molecule has 0 aromatic heterocycles. The van der Waals surface area contributed by atoms with Crippen LogP contribution in [0.1, 0.15) is 18.1 Å². The molecule has 1 N–H and O–H groups in total. The Morgan fingerprint density at radius 2 is 1.42 bits per heavy atom. The van der Waals surface area contributed by atoms with Gasteiger partial charge in [0.2, 0.25) is 10.0 Å². The molecule has 5 heteroatoms. The Bertz CT molecular complexity index is 713. The van der Waals surface area contributed by atoms with Crippen LogP contribution in [0.3, 0.4) is 0 Å². The average Bonchev–Trinajstić information content (AvgIpc) is 2.56. The van der Waals surface area contributed by atoms with E-state index < -0.39 is 10.0 Å². The number of likely N-dealkylation sites (N-methyl/N-ethyl adjacent to an activating group) is 1. The van der Waals surface area contributed by atoms with Gasteiger partial charge in [0.15, 0.2) is 0 Å². The van der Waals surface area contributed by atoms with Crippen molar-refractivity contribution in [2.75, 3.05) is 30.6 Å². The van der Waals surface area contributed by atoms with Gasteiger partial charge in [-0.2, -0.15) is 0 Å². The van der Waals surface area contributed by atoms with Gasteiger partial charge in [-0.3, -0.25) is 4.72 Å². The molecule has 0 atom stereocenters. The summed E-state index contributed by atoms with van der Waals surface area (Å²) in [6.45, 7) is 5.26. The molecule has 0 aliphatic carbocycles. The second kappa shape index (κ2) is 8.85. The van der Waals surface area contributed by atoms with Crippen molar-refractivity contribution >= 4 is 15.7 Å². The van der Waals surface area contributed by atoms with Gasteiger partial charge in [-0.05, 0) is 42.6 Å². The minimum Gasteiger partial charge on any atom is -0.303 e. The largest absolute Gasteiger partial charge is 0.303 e. The molecule has 0 amide bonds. The molecule has 0 bridgehead atoms. The summed E-state index contributed by atoms with van der Waals surface area (Å²) >= 11 is 0. The van der Waals surface area contributed by atoms with E-state index in [1.54, 1.807) is 0 Å². The normalized spacial score (nSPS) is 11.6. The van der Waals surface area contributed by atoms with Gasteiger partial charge in [-0.25, -0.2) is 8.42 Å². The second-order valence-corrected chi connectivity index (χ2v) is 7.74. The average molecular weight is 346 g/mol. The van der Waals surface area contributed by atoms with E-state index in [0.717, 1.165) is 38.7 Å². The molecule has 0 heterocycles. The van der Waals surface area contributed by atoms with Gasteiger partial charge in [-0.1, -0.05) is 49.4 Å². The number of anilines is 1. The number of rotatable bonds is 9. The SMILES string of the molecule is CCN(CCc1ccccc1)CCc1ccc(NS(C)(=O)=O)cc1. The summed E-state index contributed by atoms with van der Waals surface area (Å²) in [7, 11) is -3.21. The topological polar surface area (TPSA) is 49.4 Å². The zero-order valence-electron chi connectivity index (χ0n) is 14.4. The van der Waals surface area contributed by atoms with E-state index in [-0.39, 0.29) is 0 Å². The lowest BCUT2D eigenvalue weighted by molar-refractivity contribution is 0.295. The minimum atomic E-state index is -3.21. The molecule has 0 unspecified atom stereocenters. The molecule has 2 aromatic rings. The summed E-state index contributed by atoms with van der Waals surface area (Å²) in [5.74, 6) is 0. The molecule has 2 rings (SSSR count). The number of sulfonamides is 1. The minimum absolute atomic E-state index is 0.609. The predicted octanol–water partition coefficient (Wildman–Crippen LogP) is 3.17. The Morgan fingerprint density at radius 3 is 1.92 bits per heavy atom. The summed E-state index contributed by atoms with van der Waals surface area (Å²) in [5.41, 5.74) is 3.19. The van der Waals surface area contributed by atoms with Crippen LogP contribution < -0.4 is 4.72 Å². The highest BCUT2D eigenvalue weighted by Gasteiger charge is 2.05. The first-order valence-corrected chi connectivity index (χ1v) is 10.2. The van der Waals surface area contributed by atoms with Crippen molar-refractivity contribution in [2.24, 2.45) is 0 Å². The molecule has 0 saturated carbocycles. The first-order chi connectivity index (χ1) is 11.5. The lowest BCUT2D eigenvalue weighted by Gasteiger charge is -2.20. The first kappa shape index (κ1) is 18.5. The van der Waals surface area contributed by atoms with Crippen LogP contribution in [0.25, 0.3) is 0 Å². The summed E-state index contributed by atoms with van der Waals surface area (Å²) in [4.78, 5) is 2.44. The Balaban J connectivity index is 1.82. The lowest BCUT2D eigenvalue weighted by atomic mass is 10.1.